The number of carbonyl (C=O) groups is 1. The van der Waals surface area contributed by atoms with Crippen LogP contribution in [0.1, 0.15) is 38.2 Å². The van der Waals surface area contributed by atoms with Gasteiger partial charge in [-0.15, -0.1) is 11.8 Å². The highest BCUT2D eigenvalue weighted by Crippen LogP contribution is 2.40. The van der Waals surface area contributed by atoms with Crippen LogP contribution >= 0.6 is 11.8 Å². The third kappa shape index (κ3) is 4.57. The average Bonchev–Trinajstić information content (AvgIpc) is 3.06. The molecule has 5 nitrogen and oxygen atoms in total. The van der Waals surface area contributed by atoms with Gasteiger partial charge in [0, 0.05) is 17.6 Å². The maximum absolute atomic E-state index is 12.2. The fourth-order valence-corrected chi connectivity index (χ4v) is 4.75. The number of nitrogens with zero attached hydrogens (tertiary/aromatic N) is 2. The van der Waals surface area contributed by atoms with E-state index in [1.165, 1.54) is 11.6 Å². The minimum atomic E-state index is -2.04. The van der Waals surface area contributed by atoms with Crippen LogP contribution in [0.15, 0.2) is 47.4 Å². The Bertz CT molecular complexity index is 1050. The highest BCUT2D eigenvalue weighted by Gasteiger charge is 2.39. The smallest absolute Gasteiger partial charge is 0.250 e. The van der Waals surface area contributed by atoms with Gasteiger partial charge >= 0.3 is 0 Å². The van der Waals surface area contributed by atoms with Gasteiger partial charge in [-0.1, -0.05) is 26.8 Å². The largest absolute Gasteiger partial charge is 0.543 e. The van der Waals surface area contributed by atoms with Crippen LogP contribution in [0.5, 0.6) is 11.5 Å². The van der Waals surface area contributed by atoms with Crippen LogP contribution in [0.3, 0.4) is 0 Å². The van der Waals surface area contributed by atoms with Gasteiger partial charge in [0.05, 0.1) is 23.7 Å². The van der Waals surface area contributed by atoms with Crippen molar-refractivity contribution in [3.05, 3.63) is 48.2 Å². The zero-order chi connectivity index (χ0) is 22.1. The Labute approximate surface area is 183 Å². The first kappa shape index (κ1) is 22.4. The van der Waals surface area contributed by atoms with Crippen molar-refractivity contribution in [3.63, 3.8) is 0 Å². The molecule has 0 unspecified atom stereocenters. The predicted molar refractivity (Wildman–Crippen MR) is 126 cm³/mol. The van der Waals surface area contributed by atoms with E-state index in [4.69, 9.17) is 9.16 Å². The number of methoxy groups -OCH3 is 1. The molecule has 3 aromatic rings. The molecule has 0 bridgehead atoms. The van der Waals surface area contributed by atoms with Crippen molar-refractivity contribution in [2.24, 2.45) is 0 Å². The second-order valence-electron chi connectivity index (χ2n) is 8.85. The van der Waals surface area contributed by atoms with E-state index in [1.54, 1.807) is 18.9 Å². The number of thioether (sulfide) groups is 1. The van der Waals surface area contributed by atoms with Gasteiger partial charge in [-0.25, -0.2) is 0 Å². The summed E-state index contributed by atoms with van der Waals surface area (Å²) in [5.41, 5.74) is 1.65. The number of hydrogen-bond donors (Lipinski definition) is 0. The molecule has 1 heterocycles. The van der Waals surface area contributed by atoms with Crippen LogP contribution in [0.4, 0.5) is 0 Å². The maximum atomic E-state index is 12.2. The van der Waals surface area contributed by atoms with Crippen molar-refractivity contribution in [1.82, 2.24) is 9.78 Å². The van der Waals surface area contributed by atoms with Crippen LogP contribution in [0.25, 0.3) is 10.9 Å². The van der Waals surface area contributed by atoms with E-state index in [1.807, 2.05) is 42.5 Å². The van der Waals surface area contributed by atoms with E-state index in [9.17, 15) is 4.79 Å². The maximum Gasteiger partial charge on any atom is 0.250 e. The van der Waals surface area contributed by atoms with Gasteiger partial charge in [0.15, 0.2) is 0 Å². The molecule has 0 saturated heterocycles. The SMILES string of the molecule is COc1ccc(SCc2nn(C(C)=O)c3cccc(O[Si](C)(C)C(C)(C)C)c23)cc1. The fraction of sp³-hybridized carbons (Fsp3) is 0.391. The molecule has 160 valence electrons. The lowest BCUT2D eigenvalue weighted by Gasteiger charge is -2.36. The normalized spacial score (nSPS) is 12.2. The molecule has 2 aromatic carbocycles. The van der Waals surface area contributed by atoms with Crippen molar-refractivity contribution in [1.29, 1.82) is 0 Å². The minimum Gasteiger partial charge on any atom is -0.543 e. The quantitative estimate of drug-likeness (QED) is 0.327. The number of hydrogen-bond acceptors (Lipinski definition) is 5. The molecule has 7 heteroatoms. The van der Waals surface area contributed by atoms with Crippen molar-refractivity contribution in [3.8, 4) is 11.5 Å². The van der Waals surface area contributed by atoms with Gasteiger partial charge in [-0.05, 0) is 54.5 Å². The minimum absolute atomic E-state index is 0.0732. The molecule has 30 heavy (non-hydrogen) atoms. The summed E-state index contributed by atoms with van der Waals surface area (Å²) in [5, 5.41) is 5.65. The molecule has 0 amide bonds. The van der Waals surface area contributed by atoms with E-state index in [0.717, 1.165) is 33.0 Å². The summed E-state index contributed by atoms with van der Waals surface area (Å²) in [4.78, 5) is 13.3. The molecule has 0 saturated carbocycles. The monoisotopic (exact) mass is 442 g/mol. The van der Waals surface area contributed by atoms with E-state index < -0.39 is 8.32 Å². The lowest BCUT2D eigenvalue weighted by molar-refractivity contribution is 0.0926. The Kier molecular flexibility index (Phi) is 6.34. The van der Waals surface area contributed by atoms with Gasteiger partial charge in [0.25, 0.3) is 8.32 Å². The number of fused-ring (bicyclic) bond motifs is 1. The molecule has 3 rings (SSSR count). The Morgan fingerprint density at radius 2 is 1.80 bits per heavy atom. The van der Waals surface area contributed by atoms with E-state index in [0.29, 0.717) is 5.75 Å². The number of benzene rings is 2. The molecular formula is C23H30N2O3SSi. The highest BCUT2D eigenvalue weighted by molar-refractivity contribution is 7.98. The second kappa shape index (κ2) is 8.47. The number of rotatable bonds is 6. The number of aromatic nitrogens is 2. The molecule has 0 fully saturated rings. The average molecular weight is 443 g/mol. The van der Waals surface area contributed by atoms with Gasteiger partial charge in [-0.3, -0.25) is 4.79 Å². The van der Waals surface area contributed by atoms with Gasteiger partial charge in [0.2, 0.25) is 5.91 Å². The zero-order valence-corrected chi connectivity index (χ0v) is 20.6. The molecule has 1 aromatic heterocycles. The molecule has 0 aliphatic carbocycles. The summed E-state index contributed by atoms with van der Waals surface area (Å²) in [6.07, 6.45) is 0. The molecular weight excluding hydrogens is 412 g/mol. The summed E-state index contributed by atoms with van der Waals surface area (Å²) >= 11 is 1.68. The van der Waals surface area contributed by atoms with Crippen molar-refractivity contribution in [2.75, 3.05) is 7.11 Å². The molecule has 0 aliphatic heterocycles. The summed E-state index contributed by atoms with van der Waals surface area (Å²) in [6, 6.07) is 13.8. The van der Waals surface area contributed by atoms with Crippen molar-refractivity contribution >= 4 is 36.9 Å². The number of carbonyl (C=O) groups excluding carboxylic acids is 1. The third-order valence-electron chi connectivity index (χ3n) is 5.65. The third-order valence-corrected chi connectivity index (χ3v) is 11.0. The summed E-state index contributed by atoms with van der Waals surface area (Å²) in [7, 11) is -0.385. The van der Waals surface area contributed by atoms with Crippen LogP contribution in [-0.4, -0.2) is 31.1 Å². The van der Waals surface area contributed by atoms with Gasteiger partial charge in [0.1, 0.15) is 11.5 Å². The van der Waals surface area contributed by atoms with Crippen LogP contribution in [0, 0.1) is 0 Å². The topological polar surface area (TPSA) is 53.4 Å². The Morgan fingerprint density at radius 1 is 1.13 bits per heavy atom. The second-order valence-corrected chi connectivity index (χ2v) is 14.6. The van der Waals surface area contributed by atoms with Crippen LogP contribution in [-0.2, 0) is 5.75 Å². The molecule has 0 spiro atoms. The van der Waals surface area contributed by atoms with Crippen molar-refractivity contribution < 1.29 is 14.0 Å². The van der Waals surface area contributed by atoms with Gasteiger partial charge in [-0.2, -0.15) is 9.78 Å². The Hall–Kier alpha value is -2.25. The standard InChI is InChI=1S/C23H30N2O3SSi/c1-16(26)25-20-9-8-10-21(28-30(6,7)23(2,3)4)22(20)19(24-25)15-29-18-13-11-17(27-5)12-14-18/h8-14H,15H2,1-7H3. The molecule has 0 N–H and O–H groups in total. The highest BCUT2D eigenvalue weighted by atomic mass is 32.2. The van der Waals surface area contributed by atoms with Crippen LogP contribution in [0.2, 0.25) is 18.1 Å². The lowest BCUT2D eigenvalue weighted by Crippen LogP contribution is -2.43. The first-order valence-corrected chi connectivity index (χ1v) is 13.9. The predicted octanol–water partition coefficient (Wildman–Crippen LogP) is 6.38. The summed E-state index contributed by atoms with van der Waals surface area (Å²) in [6.45, 7) is 12.7. The van der Waals surface area contributed by atoms with E-state index >= 15 is 0 Å². The molecule has 0 atom stereocenters. The van der Waals surface area contributed by atoms with E-state index in [2.05, 4.69) is 39.0 Å². The molecule has 0 radical (unpaired) electrons. The first-order chi connectivity index (χ1) is 14.0. The van der Waals surface area contributed by atoms with Gasteiger partial charge < -0.3 is 9.16 Å². The van der Waals surface area contributed by atoms with Crippen molar-refractivity contribution in [2.45, 2.75) is 56.5 Å². The summed E-state index contributed by atoms with van der Waals surface area (Å²) in [5.74, 6) is 2.18. The Morgan fingerprint density at radius 3 is 2.37 bits per heavy atom. The summed E-state index contributed by atoms with van der Waals surface area (Å²) < 4.78 is 13.4. The fourth-order valence-electron chi connectivity index (χ4n) is 2.89. The Balaban J connectivity index is 2.01. The number of ether oxygens (including phenoxy) is 1. The van der Waals surface area contributed by atoms with Crippen LogP contribution < -0.4 is 9.16 Å². The molecule has 0 aliphatic rings. The lowest BCUT2D eigenvalue weighted by atomic mass is 10.2. The zero-order valence-electron chi connectivity index (χ0n) is 18.8. The first-order valence-electron chi connectivity index (χ1n) is 10.0. The van der Waals surface area contributed by atoms with E-state index in [-0.39, 0.29) is 10.9 Å².